The fraction of sp³-hybridized carbons (Fsp3) is 0.467. The van der Waals surface area contributed by atoms with Crippen molar-refractivity contribution in [3.63, 3.8) is 0 Å². The molecule has 1 heterocycles. The van der Waals surface area contributed by atoms with Gasteiger partial charge in [0.15, 0.2) is 0 Å². The number of carbonyl (C=O) groups excluding carboxylic acids is 2. The lowest BCUT2D eigenvalue weighted by Crippen LogP contribution is -2.45. The Bertz CT molecular complexity index is 635. The smallest absolute Gasteiger partial charge is 0.410 e. The summed E-state index contributed by atoms with van der Waals surface area (Å²) in [4.78, 5) is 37.4. The maximum absolute atomic E-state index is 12.3. The number of hydrogen-bond acceptors (Lipinski definition) is 6. The topological polar surface area (TPSA) is 93.0 Å². The second-order valence-corrected chi connectivity index (χ2v) is 6.50. The van der Waals surface area contributed by atoms with Crippen LogP contribution < -0.4 is 0 Å². The van der Waals surface area contributed by atoms with Crippen LogP contribution in [0.1, 0.15) is 12.0 Å². The molecule has 0 N–H and O–H groups in total. The molecule has 2 atom stereocenters. The van der Waals surface area contributed by atoms with Gasteiger partial charge in [-0.3, -0.25) is 19.8 Å². The summed E-state index contributed by atoms with van der Waals surface area (Å²) >= 11 is 4.35. The van der Waals surface area contributed by atoms with E-state index in [1.165, 1.54) is 34.1 Å². The summed E-state index contributed by atoms with van der Waals surface area (Å²) in [5, 5.41) is 10.5. The average Bonchev–Trinajstić information content (AvgIpc) is 2.94. The van der Waals surface area contributed by atoms with Gasteiger partial charge >= 0.3 is 6.09 Å². The summed E-state index contributed by atoms with van der Waals surface area (Å²) in [5.74, 6) is -0.168. The predicted molar refractivity (Wildman–Crippen MR) is 89.9 cm³/mol. The molecule has 1 fully saturated rings. The molecule has 2 amide bonds. The molecule has 0 aliphatic carbocycles. The molecule has 0 aromatic heterocycles. The number of nitro groups is 1. The normalized spacial score (nSPS) is 19.9. The van der Waals surface area contributed by atoms with Crippen molar-refractivity contribution in [1.29, 1.82) is 0 Å². The van der Waals surface area contributed by atoms with Crippen molar-refractivity contribution in [3.05, 3.63) is 39.9 Å². The fourth-order valence-electron chi connectivity index (χ4n) is 2.49. The molecular weight excluding hydrogens is 334 g/mol. The molecule has 0 bridgehead atoms. The highest BCUT2D eigenvalue weighted by molar-refractivity contribution is 7.81. The number of amides is 2. The number of non-ortho nitro benzene ring substituents is 1. The van der Waals surface area contributed by atoms with Crippen LogP contribution in [-0.4, -0.2) is 58.7 Å². The first-order valence-corrected chi connectivity index (χ1v) is 7.87. The van der Waals surface area contributed by atoms with E-state index in [1.54, 1.807) is 14.1 Å². The van der Waals surface area contributed by atoms with Crippen molar-refractivity contribution >= 4 is 30.3 Å². The van der Waals surface area contributed by atoms with Gasteiger partial charge in [0.25, 0.3) is 5.69 Å². The average molecular weight is 353 g/mol. The second-order valence-electron chi connectivity index (χ2n) is 5.77. The number of likely N-dealkylation sites (tertiary alicyclic amines) is 1. The van der Waals surface area contributed by atoms with Gasteiger partial charge in [-0.25, -0.2) is 4.79 Å². The lowest BCUT2D eigenvalue weighted by Gasteiger charge is -2.25. The molecule has 1 aromatic rings. The second kappa shape index (κ2) is 7.52. The Balaban J connectivity index is 1.98. The van der Waals surface area contributed by atoms with Crippen molar-refractivity contribution in [2.45, 2.75) is 24.3 Å². The number of likely N-dealkylation sites (N-methyl/N-ethyl adjacent to an activating group) is 1. The highest BCUT2D eigenvalue weighted by Crippen LogP contribution is 2.24. The van der Waals surface area contributed by atoms with Gasteiger partial charge in [0.2, 0.25) is 5.91 Å². The van der Waals surface area contributed by atoms with Gasteiger partial charge in [0.1, 0.15) is 12.6 Å². The minimum absolute atomic E-state index is 0.0204. The Morgan fingerprint density at radius 1 is 1.38 bits per heavy atom. The number of hydrogen-bond donors (Lipinski definition) is 1. The lowest BCUT2D eigenvalue weighted by atomic mass is 10.2. The third-order valence-electron chi connectivity index (χ3n) is 3.75. The maximum Gasteiger partial charge on any atom is 0.410 e. The van der Waals surface area contributed by atoms with E-state index in [9.17, 15) is 19.7 Å². The predicted octanol–water partition coefficient (Wildman–Crippen LogP) is 1.69. The third-order valence-corrected chi connectivity index (χ3v) is 4.12. The van der Waals surface area contributed by atoms with Crippen LogP contribution in [0.2, 0.25) is 0 Å². The monoisotopic (exact) mass is 353 g/mol. The Labute approximate surface area is 144 Å². The van der Waals surface area contributed by atoms with E-state index in [-0.39, 0.29) is 23.5 Å². The van der Waals surface area contributed by atoms with Crippen molar-refractivity contribution < 1.29 is 19.2 Å². The van der Waals surface area contributed by atoms with Crippen LogP contribution in [0.15, 0.2) is 24.3 Å². The highest BCUT2D eigenvalue weighted by atomic mass is 32.1. The first kappa shape index (κ1) is 18.1. The largest absolute Gasteiger partial charge is 0.445 e. The lowest BCUT2D eigenvalue weighted by molar-refractivity contribution is -0.384. The molecule has 1 aliphatic heterocycles. The fourth-order valence-corrected chi connectivity index (χ4v) is 2.87. The van der Waals surface area contributed by atoms with Crippen molar-refractivity contribution in [3.8, 4) is 0 Å². The zero-order valence-corrected chi connectivity index (χ0v) is 14.3. The van der Waals surface area contributed by atoms with Crippen molar-refractivity contribution in [2.24, 2.45) is 0 Å². The van der Waals surface area contributed by atoms with Gasteiger partial charge in [0, 0.05) is 38.0 Å². The zero-order valence-electron chi connectivity index (χ0n) is 13.4. The molecule has 2 rings (SSSR count). The minimum atomic E-state index is -0.592. The summed E-state index contributed by atoms with van der Waals surface area (Å²) in [6.07, 6.45) is -0.114. The van der Waals surface area contributed by atoms with E-state index in [1.807, 2.05) is 0 Å². The molecular formula is C15H19N3O5S. The summed E-state index contributed by atoms with van der Waals surface area (Å²) < 4.78 is 5.23. The van der Waals surface area contributed by atoms with Gasteiger partial charge in [-0.05, 0) is 24.1 Å². The SMILES string of the molecule is CN(C)C(=O)[C@@H]1C[C@H](S)CN1C(=O)OCc1ccc([N+](=O)[O-])cc1. The van der Waals surface area contributed by atoms with Crippen molar-refractivity contribution in [2.75, 3.05) is 20.6 Å². The van der Waals surface area contributed by atoms with Crippen LogP contribution in [0.4, 0.5) is 10.5 Å². The number of carbonyl (C=O) groups is 2. The summed E-state index contributed by atoms with van der Waals surface area (Å²) in [6, 6.07) is 5.17. The number of nitrogens with zero attached hydrogens (tertiary/aromatic N) is 3. The van der Waals surface area contributed by atoms with E-state index in [4.69, 9.17) is 4.74 Å². The number of rotatable bonds is 4. The first-order chi connectivity index (χ1) is 11.3. The number of ether oxygens (including phenoxy) is 1. The quantitative estimate of drug-likeness (QED) is 0.505. The van der Waals surface area contributed by atoms with E-state index in [0.29, 0.717) is 18.5 Å². The van der Waals surface area contributed by atoms with Gasteiger partial charge in [-0.1, -0.05) is 0 Å². The van der Waals surface area contributed by atoms with Gasteiger partial charge in [0.05, 0.1) is 4.92 Å². The molecule has 24 heavy (non-hydrogen) atoms. The Morgan fingerprint density at radius 3 is 2.54 bits per heavy atom. The summed E-state index contributed by atoms with van der Waals surface area (Å²) in [5.41, 5.74) is 0.602. The molecule has 8 nitrogen and oxygen atoms in total. The summed E-state index contributed by atoms with van der Waals surface area (Å²) in [6.45, 7) is 0.319. The number of nitro benzene ring substituents is 1. The molecule has 1 saturated heterocycles. The Hall–Kier alpha value is -2.29. The van der Waals surface area contributed by atoms with Gasteiger partial charge in [-0.15, -0.1) is 0 Å². The molecule has 1 aromatic carbocycles. The van der Waals surface area contributed by atoms with Crippen LogP contribution in [-0.2, 0) is 16.1 Å². The van der Waals surface area contributed by atoms with E-state index >= 15 is 0 Å². The van der Waals surface area contributed by atoms with Crippen LogP contribution >= 0.6 is 12.6 Å². The molecule has 0 spiro atoms. The van der Waals surface area contributed by atoms with Crippen LogP contribution in [0.25, 0.3) is 0 Å². The van der Waals surface area contributed by atoms with Crippen LogP contribution in [0.5, 0.6) is 0 Å². The molecule has 0 unspecified atom stereocenters. The van der Waals surface area contributed by atoms with Gasteiger partial charge < -0.3 is 9.64 Å². The first-order valence-electron chi connectivity index (χ1n) is 7.35. The van der Waals surface area contributed by atoms with E-state index in [0.717, 1.165) is 0 Å². The Morgan fingerprint density at radius 2 is 2.00 bits per heavy atom. The van der Waals surface area contributed by atoms with Gasteiger partial charge in [-0.2, -0.15) is 12.6 Å². The third kappa shape index (κ3) is 4.16. The molecule has 0 saturated carbocycles. The summed E-state index contributed by atoms with van der Waals surface area (Å²) in [7, 11) is 3.27. The van der Waals surface area contributed by atoms with E-state index in [2.05, 4.69) is 12.6 Å². The number of thiol groups is 1. The standard InChI is InChI=1S/C15H19N3O5S/c1-16(2)14(19)13-7-12(24)8-17(13)15(20)23-9-10-3-5-11(6-4-10)18(21)22/h3-6,12-13,24H,7-9H2,1-2H3/t12-,13-/m0/s1. The molecule has 130 valence electrons. The maximum atomic E-state index is 12.3. The van der Waals surface area contributed by atoms with E-state index < -0.39 is 17.1 Å². The van der Waals surface area contributed by atoms with Crippen LogP contribution in [0.3, 0.4) is 0 Å². The highest BCUT2D eigenvalue weighted by Gasteiger charge is 2.39. The molecule has 1 aliphatic rings. The Kier molecular flexibility index (Phi) is 5.66. The zero-order chi connectivity index (χ0) is 17.9. The minimum Gasteiger partial charge on any atom is -0.445 e. The van der Waals surface area contributed by atoms with Crippen molar-refractivity contribution in [1.82, 2.24) is 9.80 Å². The molecule has 0 radical (unpaired) electrons. The molecule has 9 heteroatoms. The number of benzene rings is 1. The van der Waals surface area contributed by atoms with Crippen LogP contribution in [0, 0.1) is 10.1 Å².